The molecule has 1 aliphatic carbocycles. The van der Waals surface area contributed by atoms with Gasteiger partial charge in [-0.25, -0.2) is 0 Å². The van der Waals surface area contributed by atoms with Crippen molar-refractivity contribution in [2.24, 2.45) is 13.0 Å². The number of rotatable bonds is 2. The van der Waals surface area contributed by atoms with Crippen molar-refractivity contribution in [3.8, 4) is 0 Å². The van der Waals surface area contributed by atoms with Crippen molar-refractivity contribution in [2.45, 2.75) is 57.5 Å². The first kappa shape index (κ1) is 17.6. The highest BCUT2D eigenvalue weighted by Gasteiger charge is 2.36. The third-order valence-corrected chi connectivity index (χ3v) is 6.31. The van der Waals surface area contributed by atoms with Gasteiger partial charge in [0, 0.05) is 43.3 Å². The fourth-order valence-electron chi connectivity index (χ4n) is 4.95. The van der Waals surface area contributed by atoms with Crippen LogP contribution in [0.3, 0.4) is 0 Å². The van der Waals surface area contributed by atoms with E-state index in [2.05, 4.69) is 52.3 Å². The summed E-state index contributed by atoms with van der Waals surface area (Å²) in [4.78, 5) is 15.3. The van der Waals surface area contributed by atoms with Gasteiger partial charge in [-0.15, -0.1) is 0 Å². The third kappa shape index (κ3) is 3.52. The first-order valence-electron chi connectivity index (χ1n) is 10.3. The lowest BCUT2D eigenvalue weighted by Gasteiger charge is -2.32. The normalized spacial score (nSPS) is 25.7. The number of carbonyl (C=O) groups is 1. The highest BCUT2D eigenvalue weighted by molar-refractivity contribution is 5.84. The van der Waals surface area contributed by atoms with Crippen molar-refractivity contribution in [1.82, 2.24) is 14.8 Å². The van der Waals surface area contributed by atoms with Crippen molar-refractivity contribution in [3.63, 3.8) is 0 Å². The number of para-hydroxylation sites is 1. The van der Waals surface area contributed by atoms with E-state index in [1.54, 1.807) is 0 Å². The maximum Gasteiger partial charge on any atom is 0.224 e. The van der Waals surface area contributed by atoms with Gasteiger partial charge < -0.3 is 9.88 Å². The van der Waals surface area contributed by atoms with Gasteiger partial charge in [-0.3, -0.25) is 9.69 Å². The summed E-state index contributed by atoms with van der Waals surface area (Å²) in [6, 6.07) is 9.06. The SMILES string of the molecule is Cn1cc(CN2CCCCCCNC(=O)C3CCCC32)c2ccccc21. The molecule has 1 saturated heterocycles. The van der Waals surface area contributed by atoms with Crippen LogP contribution < -0.4 is 5.32 Å². The van der Waals surface area contributed by atoms with E-state index in [1.165, 1.54) is 42.1 Å². The molecule has 1 amide bonds. The highest BCUT2D eigenvalue weighted by Crippen LogP contribution is 2.33. The van der Waals surface area contributed by atoms with Gasteiger partial charge in [-0.1, -0.05) is 37.5 Å². The minimum atomic E-state index is 0.170. The van der Waals surface area contributed by atoms with Gasteiger partial charge in [0.25, 0.3) is 0 Å². The number of amides is 1. The van der Waals surface area contributed by atoms with E-state index in [0.29, 0.717) is 6.04 Å². The molecule has 4 nitrogen and oxygen atoms in total. The monoisotopic (exact) mass is 353 g/mol. The Morgan fingerprint density at radius 1 is 1.08 bits per heavy atom. The maximum absolute atomic E-state index is 12.7. The van der Waals surface area contributed by atoms with Crippen LogP contribution in [0.1, 0.15) is 50.5 Å². The smallest absolute Gasteiger partial charge is 0.224 e. The fourth-order valence-corrected chi connectivity index (χ4v) is 4.95. The number of hydrogen-bond donors (Lipinski definition) is 1. The Labute approximate surface area is 156 Å². The van der Waals surface area contributed by atoms with E-state index in [0.717, 1.165) is 38.9 Å². The molecule has 140 valence electrons. The number of nitrogens with one attached hydrogen (secondary N) is 1. The Hall–Kier alpha value is -1.81. The minimum absolute atomic E-state index is 0.170. The molecule has 2 aliphatic rings. The van der Waals surface area contributed by atoms with Crippen molar-refractivity contribution in [1.29, 1.82) is 0 Å². The van der Waals surface area contributed by atoms with Crippen molar-refractivity contribution in [2.75, 3.05) is 13.1 Å². The van der Waals surface area contributed by atoms with Crippen LogP contribution in [-0.2, 0) is 18.4 Å². The van der Waals surface area contributed by atoms with Crippen LogP contribution in [0.2, 0.25) is 0 Å². The molecule has 2 fully saturated rings. The number of aromatic nitrogens is 1. The summed E-state index contributed by atoms with van der Waals surface area (Å²) in [5, 5.41) is 4.55. The summed E-state index contributed by atoms with van der Waals surface area (Å²) in [5.41, 5.74) is 2.69. The number of nitrogens with zero attached hydrogens (tertiary/aromatic N) is 2. The van der Waals surface area contributed by atoms with Crippen LogP contribution >= 0.6 is 0 Å². The molecule has 26 heavy (non-hydrogen) atoms. The van der Waals surface area contributed by atoms with Gasteiger partial charge in [0.1, 0.15) is 0 Å². The highest BCUT2D eigenvalue weighted by atomic mass is 16.1. The van der Waals surface area contributed by atoms with Crippen LogP contribution in [0.5, 0.6) is 0 Å². The van der Waals surface area contributed by atoms with E-state index in [-0.39, 0.29) is 11.8 Å². The summed E-state index contributed by atoms with van der Waals surface area (Å²) >= 11 is 0. The largest absolute Gasteiger partial charge is 0.356 e. The van der Waals surface area contributed by atoms with Crippen molar-refractivity contribution >= 4 is 16.8 Å². The molecule has 4 rings (SSSR count). The van der Waals surface area contributed by atoms with Gasteiger partial charge in [-0.2, -0.15) is 0 Å². The van der Waals surface area contributed by atoms with Crippen molar-refractivity contribution in [3.05, 3.63) is 36.0 Å². The number of benzene rings is 1. The molecule has 2 unspecified atom stereocenters. The average Bonchev–Trinajstić information content (AvgIpc) is 3.24. The van der Waals surface area contributed by atoms with E-state index in [1.807, 2.05) is 0 Å². The average molecular weight is 354 g/mol. The van der Waals surface area contributed by atoms with E-state index in [9.17, 15) is 4.79 Å². The van der Waals surface area contributed by atoms with Crippen LogP contribution in [0.15, 0.2) is 30.5 Å². The second-order valence-corrected chi connectivity index (χ2v) is 8.06. The minimum Gasteiger partial charge on any atom is -0.356 e. The van der Waals surface area contributed by atoms with Gasteiger partial charge in [-0.05, 0) is 43.9 Å². The topological polar surface area (TPSA) is 37.3 Å². The lowest BCUT2D eigenvalue weighted by atomic mass is 9.99. The molecule has 1 aromatic carbocycles. The molecule has 1 aromatic heterocycles. The number of aryl methyl sites for hydroxylation is 1. The predicted octanol–water partition coefficient (Wildman–Crippen LogP) is 3.84. The van der Waals surface area contributed by atoms with E-state index >= 15 is 0 Å². The number of carbonyl (C=O) groups excluding carboxylic acids is 1. The summed E-state index contributed by atoms with van der Waals surface area (Å²) < 4.78 is 2.23. The summed E-state index contributed by atoms with van der Waals surface area (Å²) in [6.45, 7) is 2.92. The van der Waals surface area contributed by atoms with Crippen LogP contribution in [0.4, 0.5) is 0 Å². The molecule has 0 bridgehead atoms. The standard InChI is InChI=1S/C22H31N3O/c1-24-15-17(18-9-4-5-11-20(18)24)16-25-14-7-3-2-6-13-23-22(26)19-10-8-12-21(19)25/h4-5,9,11,15,19,21H,2-3,6-8,10,12-14,16H2,1H3,(H,23,26). The molecule has 1 saturated carbocycles. The molecular weight excluding hydrogens is 322 g/mol. The van der Waals surface area contributed by atoms with E-state index in [4.69, 9.17) is 0 Å². The summed E-state index contributed by atoms with van der Waals surface area (Å²) in [6.07, 6.45) is 10.5. The third-order valence-electron chi connectivity index (χ3n) is 6.31. The first-order chi connectivity index (χ1) is 12.7. The molecule has 0 radical (unpaired) electrons. The lowest BCUT2D eigenvalue weighted by Crippen LogP contribution is -2.44. The van der Waals surface area contributed by atoms with Crippen molar-refractivity contribution < 1.29 is 4.79 Å². The Balaban J connectivity index is 1.61. The summed E-state index contributed by atoms with van der Waals surface area (Å²) in [5.74, 6) is 0.459. The van der Waals surface area contributed by atoms with Gasteiger partial charge >= 0.3 is 0 Å². The first-order valence-corrected chi connectivity index (χ1v) is 10.3. The molecule has 0 spiro atoms. The summed E-state index contributed by atoms with van der Waals surface area (Å²) in [7, 11) is 2.13. The maximum atomic E-state index is 12.7. The van der Waals surface area contributed by atoms with Crippen LogP contribution in [0.25, 0.3) is 10.9 Å². The Kier molecular flexibility index (Phi) is 5.30. The van der Waals surface area contributed by atoms with Crippen LogP contribution in [0, 0.1) is 5.92 Å². The number of hydrogen-bond acceptors (Lipinski definition) is 2. The predicted molar refractivity (Wildman–Crippen MR) is 106 cm³/mol. The van der Waals surface area contributed by atoms with Gasteiger partial charge in [0.05, 0.1) is 5.92 Å². The Bertz CT molecular complexity index is 766. The molecule has 1 aliphatic heterocycles. The quantitative estimate of drug-likeness (QED) is 0.891. The van der Waals surface area contributed by atoms with Gasteiger partial charge in [0.15, 0.2) is 0 Å². The molecule has 2 aromatic rings. The van der Waals surface area contributed by atoms with E-state index < -0.39 is 0 Å². The Morgan fingerprint density at radius 3 is 2.85 bits per heavy atom. The lowest BCUT2D eigenvalue weighted by molar-refractivity contribution is -0.126. The van der Waals surface area contributed by atoms with Gasteiger partial charge in [0.2, 0.25) is 5.91 Å². The fraction of sp³-hybridized carbons (Fsp3) is 0.591. The zero-order valence-corrected chi connectivity index (χ0v) is 15.9. The Morgan fingerprint density at radius 2 is 1.92 bits per heavy atom. The second kappa shape index (κ2) is 7.83. The zero-order chi connectivity index (χ0) is 17.9. The molecule has 1 N–H and O–H groups in total. The molecule has 2 heterocycles. The van der Waals surface area contributed by atoms with Crippen LogP contribution in [-0.4, -0.2) is 34.5 Å². The molecule has 2 atom stereocenters. The second-order valence-electron chi connectivity index (χ2n) is 8.06. The number of fused-ring (bicyclic) bond motifs is 2. The molecule has 4 heteroatoms. The molecular formula is C22H31N3O. The zero-order valence-electron chi connectivity index (χ0n) is 15.9.